The SMILES string of the molecule is [2H]c1c(Br)c([2H])c(C(=O)C([2H])([2H])[2H])c([2H])c1Br. The van der Waals surface area contributed by atoms with Crippen LogP contribution in [-0.4, -0.2) is 5.78 Å². The van der Waals surface area contributed by atoms with Gasteiger partial charge in [-0.1, -0.05) is 31.9 Å². The van der Waals surface area contributed by atoms with Gasteiger partial charge in [0.25, 0.3) is 0 Å². The van der Waals surface area contributed by atoms with Crippen molar-refractivity contribution >= 4 is 37.6 Å². The summed E-state index contributed by atoms with van der Waals surface area (Å²) >= 11 is 5.85. The summed E-state index contributed by atoms with van der Waals surface area (Å²) in [6.07, 6.45) is 0. The molecule has 1 aromatic rings. The third-order valence-electron chi connectivity index (χ3n) is 0.916. The molecular formula is C8H6Br2O. The van der Waals surface area contributed by atoms with E-state index in [9.17, 15) is 4.79 Å². The summed E-state index contributed by atoms with van der Waals surface area (Å²) in [5.74, 6) is -1.27. The molecule has 1 aromatic carbocycles. The normalized spacial score (nSPS) is 18.7. The van der Waals surface area contributed by atoms with Crippen molar-refractivity contribution in [3.8, 4) is 0 Å². The van der Waals surface area contributed by atoms with Gasteiger partial charge in [-0.2, -0.15) is 0 Å². The first kappa shape index (κ1) is 3.71. The van der Waals surface area contributed by atoms with E-state index in [1.165, 1.54) is 0 Å². The van der Waals surface area contributed by atoms with Crippen LogP contribution in [0.25, 0.3) is 0 Å². The maximum absolute atomic E-state index is 11.6. The van der Waals surface area contributed by atoms with E-state index in [0.717, 1.165) is 0 Å². The highest BCUT2D eigenvalue weighted by Crippen LogP contribution is 2.20. The Morgan fingerprint density at radius 3 is 2.45 bits per heavy atom. The molecule has 1 nitrogen and oxygen atoms in total. The van der Waals surface area contributed by atoms with Crippen molar-refractivity contribution in [3.63, 3.8) is 0 Å². The molecule has 0 atom stereocenters. The average molecular weight is 284 g/mol. The molecule has 58 valence electrons. The lowest BCUT2D eigenvalue weighted by Crippen LogP contribution is -1.90. The second-order valence-corrected chi connectivity index (χ2v) is 3.29. The van der Waals surface area contributed by atoms with Crippen molar-refractivity contribution in [2.75, 3.05) is 0 Å². The van der Waals surface area contributed by atoms with Gasteiger partial charge in [0.15, 0.2) is 5.78 Å². The van der Waals surface area contributed by atoms with E-state index in [1.54, 1.807) is 0 Å². The number of benzene rings is 1. The second kappa shape index (κ2) is 3.50. The third-order valence-corrected chi connectivity index (χ3v) is 1.71. The van der Waals surface area contributed by atoms with Crippen molar-refractivity contribution in [3.05, 3.63) is 32.6 Å². The molecule has 0 bridgehead atoms. The van der Waals surface area contributed by atoms with Crippen LogP contribution in [0.3, 0.4) is 0 Å². The molecule has 0 aliphatic rings. The predicted molar refractivity (Wildman–Crippen MR) is 51.8 cm³/mol. The Morgan fingerprint density at radius 2 is 2.00 bits per heavy atom. The van der Waals surface area contributed by atoms with Crippen LogP contribution < -0.4 is 0 Å². The van der Waals surface area contributed by atoms with Crippen LogP contribution in [0.15, 0.2) is 27.1 Å². The Labute approximate surface area is 90.5 Å². The number of carbonyl (C=O) groups is 1. The van der Waals surface area contributed by atoms with Crippen LogP contribution in [0.4, 0.5) is 0 Å². The summed E-state index contributed by atoms with van der Waals surface area (Å²) in [6, 6.07) is -1.07. The Balaban J connectivity index is 3.62. The number of ketones is 1. The molecule has 0 radical (unpaired) electrons. The van der Waals surface area contributed by atoms with Crippen LogP contribution in [0.5, 0.6) is 0 Å². The summed E-state index contributed by atoms with van der Waals surface area (Å²) in [6.45, 7) is -2.91. The first-order chi connectivity index (χ1) is 7.59. The predicted octanol–water partition coefficient (Wildman–Crippen LogP) is 3.41. The lowest BCUT2D eigenvalue weighted by atomic mass is 10.2. The van der Waals surface area contributed by atoms with Crippen LogP contribution in [-0.2, 0) is 0 Å². The van der Waals surface area contributed by atoms with Crippen molar-refractivity contribution < 1.29 is 13.0 Å². The third kappa shape index (κ3) is 2.42. The minimum absolute atomic E-state index is 0.0204. The zero-order valence-electron chi connectivity index (χ0n) is 11.2. The quantitative estimate of drug-likeness (QED) is 0.722. The molecular weight excluding hydrogens is 272 g/mol. The van der Waals surface area contributed by atoms with E-state index < -0.39 is 30.3 Å². The number of rotatable bonds is 1. The Kier molecular flexibility index (Phi) is 1.18. The van der Waals surface area contributed by atoms with E-state index in [4.69, 9.17) is 8.22 Å². The molecule has 0 aliphatic carbocycles. The fourth-order valence-corrected chi connectivity index (χ4v) is 1.58. The van der Waals surface area contributed by atoms with Gasteiger partial charge < -0.3 is 0 Å². The molecule has 1 rings (SSSR count). The van der Waals surface area contributed by atoms with Gasteiger partial charge in [0.1, 0.15) is 0 Å². The van der Waals surface area contributed by atoms with E-state index in [2.05, 4.69) is 31.9 Å². The summed E-state index contributed by atoms with van der Waals surface area (Å²) in [7, 11) is 0. The Morgan fingerprint density at radius 1 is 1.45 bits per heavy atom. The van der Waals surface area contributed by atoms with Gasteiger partial charge in [0.2, 0.25) is 0 Å². The smallest absolute Gasteiger partial charge is 0.159 e. The topological polar surface area (TPSA) is 17.1 Å². The van der Waals surface area contributed by atoms with Gasteiger partial charge in [-0.05, 0) is 25.0 Å². The molecule has 0 unspecified atom stereocenters. The van der Waals surface area contributed by atoms with Gasteiger partial charge in [-0.3, -0.25) is 4.79 Å². The largest absolute Gasteiger partial charge is 0.295 e. The van der Waals surface area contributed by atoms with E-state index >= 15 is 0 Å². The van der Waals surface area contributed by atoms with Crippen molar-refractivity contribution in [1.82, 2.24) is 0 Å². The molecule has 0 heterocycles. The number of hydrogen-bond acceptors (Lipinski definition) is 1. The van der Waals surface area contributed by atoms with E-state index in [0.29, 0.717) is 0 Å². The average Bonchev–Trinajstić information content (AvgIpc) is 2.22. The summed E-state index contributed by atoms with van der Waals surface area (Å²) in [4.78, 5) is 11.6. The minimum Gasteiger partial charge on any atom is -0.295 e. The number of carbonyl (C=O) groups excluding carboxylic acids is 1. The van der Waals surface area contributed by atoms with E-state index in [-0.39, 0.29) is 15.0 Å². The molecule has 0 fully saturated rings. The van der Waals surface area contributed by atoms with E-state index in [1.807, 2.05) is 0 Å². The van der Waals surface area contributed by atoms with Gasteiger partial charge >= 0.3 is 0 Å². The van der Waals surface area contributed by atoms with Crippen LogP contribution in [0.2, 0.25) is 0 Å². The number of hydrogen-bond donors (Lipinski definition) is 0. The second-order valence-electron chi connectivity index (χ2n) is 1.71. The van der Waals surface area contributed by atoms with Crippen LogP contribution in [0, 0.1) is 0 Å². The molecule has 0 saturated heterocycles. The fraction of sp³-hybridized carbons (Fsp3) is 0.125. The van der Waals surface area contributed by atoms with Crippen LogP contribution in [0.1, 0.15) is 25.4 Å². The molecule has 0 saturated carbocycles. The Bertz CT molecular complexity index is 467. The fourth-order valence-electron chi connectivity index (χ4n) is 0.523. The molecule has 0 spiro atoms. The number of halogens is 2. The zero-order valence-corrected chi connectivity index (χ0v) is 8.34. The van der Waals surface area contributed by atoms with Crippen molar-refractivity contribution in [1.29, 1.82) is 0 Å². The highest BCUT2D eigenvalue weighted by atomic mass is 79.9. The molecule has 0 N–H and O–H groups in total. The first-order valence-corrected chi connectivity index (χ1v) is 4.17. The summed E-state index contributed by atoms with van der Waals surface area (Å²) < 4.78 is 43.7. The maximum atomic E-state index is 11.6. The van der Waals surface area contributed by atoms with Crippen LogP contribution >= 0.6 is 31.9 Å². The van der Waals surface area contributed by atoms with Gasteiger partial charge in [0.05, 0.1) is 4.11 Å². The molecule has 0 amide bonds. The molecule has 0 aromatic heterocycles. The van der Waals surface area contributed by atoms with Crippen molar-refractivity contribution in [2.45, 2.75) is 6.85 Å². The zero-order chi connectivity index (χ0) is 13.5. The highest BCUT2D eigenvalue weighted by molar-refractivity contribution is 9.11. The van der Waals surface area contributed by atoms with Gasteiger partial charge in [-0.15, -0.1) is 0 Å². The molecule has 11 heavy (non-hydrogen) atoms. The lowest BCUT2D eigenvalue weighted by molar-refractivity contribution is 0.101. The minimum atomic E-state index is -2.91. The highest BCUT2D eigenvalue weighted by Gasteiger charge is 2.00. The molecule has 0 aliphatic heterocycles. The molecule has 3 heteroatoms. The van der Waals surface area contributed by atoms with Crippen molar-refractivity contribution in [2.24, 2.45) is 0 Å². The lowest BCUT2D eigenvalue weighted by Gasteiger charge is -1.97. The Hall–Kier alpha value is -0.150. The van der Waals surface area contributed by atoms with Gasteiger partial charge in [-0.25, -0.2) is 0 Å². The number of Topliss-reactive ketones (excluding diaryl/α,β-unsaturated/α-hetero) is 1. The monoisotopic (exact) mass is 282 g/mol. The first-order valence-electron chi connectivity index (χ1n) is 5.58. The van der Waals surface area contributed by atoms with Gasteiger partial charge in [0, 0.05) is 18.6 Å². The maximum Gasteiger partial charge on any atom is 0.159 e. The summed E-state index contributed by atoms with van der Waals surface area (Å²) in [5.41, 5.74) is -0.514. The standard InChI is InChI=1S/C8H6Br2O/c1-5(11)6-2-7(9)4-8(10)3-6/h2-4H,1H3/i1D3,2D,3D,4D. The summed E-state index contributed by atoms with van der Waals surface area (Å²) in [5, 5.41) is 0.